The molecule has 0 fully saturated rings. The Labute approximate surface area is 104 Å². The van der Waals surface area contributed by atoms with Gasteiger partial charge in [0.15, 0.2) is 5.82 Å². The van der Waals surface area contributed by atoms with Gasteiger partial charge in [0.05, 0.1) is 15.7 Å². The molecular formula is C11H17BrFNO2. The van der Waals surface area contributed by atoms with E-state index < -0.39 is 11.8 Å². The minimum absolute atomic E-state index is 0.157. The van der Waals surface area contributed by atoms with Crippen molar-refractivity contribution in [1.82, 2.24) is 0 Å². The van der Waals surface area contributed by atoms with Crippen LogP contribution >= 0.6 is 15.9 Å². The van der Waals surface area contributed by atoms with Crippen LogP contribution in [0.1, 0.15) is 38.1 Å². The van der Waals surface area contributed by atoms with Gasteiger partial charge in [0.2, 0.25) is 0 Å². The van der Waals surface area contributed by atoms with Gasteiger partial charge in [-0.05, 0) is 28.1 Å². The van der Waals surface area contributed by atoms with Gasteiger partial charge < -0.3 is 10.8 Å². The maximum absolute atomic E-state index is 12.9. The molecule has 0 unspecified atom stereocenters. The molecule has 0 aliphatic rings. The van der Waals surface area contributed by atoms with Crippen molar-refractivity contribution in [2.24, 2.45) is 0 Å². The summed E-state index contributed by atoms with van der Waals surface area (Å²) in [6.45, 7) is 8.00. The van der Waals surface area contributed by atoms with E-state index in [1.807, 2.05) is 27.7 Å². The van der Waals surface area contributed by atoms with Gasteiger partial charge in [-0.25, -0.2) is 9.18 Å². The molecule has 0 aliphatic heterocycles. The van der Waals surface area contributed by atoms with Crippen molar-refractivity contribution in [2.75, 3.05) is 5.73 Å². The van der Waals surface area contributed by atoms with Gasteiger partial charge in [-0.1, -0.05) is 27.7 Å². The first kappa shape index (κ1) is 17.3. The zero-order valence-electron chi connectivity index (χ0n) is 9.84. The van der Waals surface area contributed by atoms with Crippen LogP contribution in [0.15, 0.2) is 16.6 Å². The Morgan fingerprint density at radius 1 is 1.31 bits per heavy atom. The molecule has 0 radical (unpaired) electrons. The number of aromatic carboxylic acids is 1. The van der Waals surface area contributed by atoms with Crippen LogP contribution in [0.4, 0.5) is 10.1 Å². The molecule has 3 N–H and O–H groups in total. The first-order chi connectivity index (χ1) is 7.54. The smallest absolute Gasteiger partial charge is 0.337 e. The number of hydrogen-bond donors (Lipinski definition) is 2. The summed E-state index contributed by atoms with van der Waals surface area (Å²) in [5.74, 6) is -1.98. The van der Waals surface area contributed by atoms with Crippen LogP contribution < -0.4 is 5.73 Å². The van der Waals surface area contributed by atoms with E-state index in [9.17, 15) is 9.18 Å². The first-order valence-electron chi connectivity index (χ1n) is 5.01. The first-order valence-corrected chi connectivity index (χ1v) is 5.80. The SMILES string of the molecule is CC.CC.Nc1c(C(=O)O)ccc(Br)c1F. The quantitative estimate of drug-likeness (QED) is 0.772. The van der Waals surface area contributed by atoms with Crippen LogP contribution in [0.2, 0.25) is 0 Å². The van der Waals surface area contributed by atoms with Crippen LogP contribution in [0, 0.1) is 5.82 Å². The predicted octanol–water partition coefficient (Wildman–Crippen LogP) is 3.92. The van der Waals surface area contributed by atoms with Gasteiger partial charge in [0, 0.05) is 0 Å². The van der Waals surface area contributed by atoms with Crippen molar-refractivity contribution in [3.05, 3.63) is 28.0 Å². The lowest BCUT2D eigenvalue weighted by Crippen LogP contribution is -2.04. The molecular weight excluding hydrogens is 277 g/mol. The van der Waals surface area contributed by atoms with Crippen LogP contribution in [0.25, 0.3) is 0 Å². The summed E-state index contributed by atoms with van der Waals surface area (Å²) in [5, 5.41) is 8.52. The van der Waals surface area contributed by atoms with Gasteiger partial charge in [0.25, 0.3) is 0 Å². The maximum Gasteiger partial charge on any atom is 0.337 e. The molecule has 0 saturated heterocycles. The molecule has 1 aromatic rings. The Morgan fingerprint density at radius 2 is 1.75 bits per heavy atom. The number of nitrogen functional groups attached to an aromatic ring is 1. The van der Waals surface area contributed by atoms with Crippen molar-refractivity contribution in [3.63, 3.8) is 0 Å². The summed E-state index contributed by atoms with van der Waals surface area (Å²) >= 11 is 2.88. The molecule has 3 nitrogen and oxygen atoms in total. The highest BCUT2D eigenvalue weighted by atomic mass is 79.9. The molecule has 5 heteroatoms. The molecule has 0 heterocycles. The zero-order valence-corrected chi connectivity index (χ0v) is 11.4. The lowest BCUT2D eigenvalue weighted by atomic mass is 10.2. The van der Waals surface area contributed by atoms with E-state index in [4.69, 9.17) is 10.8 Å². The summed E-state index contributed by atoms with van der Waals surface area (Å²) < 4.78 is 13.1. The molecule has 0 bridgehead atoms. The number of nitrogens with two attached hydrogens (primary N) is 1. The van der Waals surface area contributed by atoms with E-state index in [1.165, 1.54) is 12.1 Å². The number of hydrogen-bond acceptors (Lipinski definition) is 2. The van der Waals surface area contributed by atoms with Gasteiger partial charge in [0.1, 0.15) is 0 Å². The number of anilines is 1. The highest BCUT2D eigenvalue weighted by Crippen LogP contribution is 2.24. The Hall–Kier alpha value is -1.10. The summed E-state index contributed by atoms with van der Waals surface area (Å²) in [7, 11) is 0. The van der Waals surface area contributed by atoms with Crippen molar-refractivity contribution in [3.8, 4) is 0 Å². The summed E-state index contributed by atoms with van der Waals surface area (Å²) in [5.41, 5.74) is 4.62. The molecule has 0 atom stereocenters. The predicted molar refractivity (Wildman–Crippen MR) is 68.2 cm³/mol. The fourth-order valence-electron chi connectivity index (χ4n) is 0.753. The van der Waals surface area contributed by atoms with Crippen molar-refractivity contribution in [1.29, 1.82) is 0 Å². The normalized spacial score (nSPS) is 8.12. The Bertz CT molecular complexity index is 343. The molecule has 1 rings (SSSR count). The van der Waals surface area contributed by atoms with E-state index in [-0.39, 0.29) is 15.7 Å². The average Bonchev–Trinajstić information content (AvgIpc) is 2.31. The van der Waals surface area contributed by atoms with E-state index in [0.717, 1.165) is 0 Å². The number of halogens is 2. The maximum atomic E-state index is 12.9. The van der Waals surface area contributed by atoms with Crippen molar-refractivity contribution < 1.29 is 14.3 Å². The number of carboxylic acids is 1. The van der Waals surface area contributed by atoms with Crippen molar-refractivity contribution in [2.45, 2.75) is 27.7 Å². The summed E-state index contributed by atoms with van der Waals surface area (Å²) in [4.78, 5) is 10.4. The van der Waals surface area contributed by atoms with Crippen LogP contribution in [-0.4, -0.2) is 11.1 Å². The average molecular weight is 294 g/mol. The summed E-state index contributed by atoms with van der Waals surface area (Å²) in [6, 6.07) is 2.54. The topological polar surface area (TPSA) is 63.3 Å². The lowest BCUT2D eigenvalue weighted by molar-refractivity contribution is 0.0697. The van der Waals surface area contributed by atoms with Crippen LogP contribution in [-0.2, 0) is 0 Å². The number of rotatable bonds is 1. The molecule has 0 aliphatic carbocycles. The number of benzene rings is 1. The third-order valence-electron chi connectivity index (χ3n) is 1.36. The van der Waals surface area contributed by atoms with Gasteiger partial charge >= 0.3 is 5.97 Å². The largest absolute Gasteiger partial charge is 0.478 e. The van der Waals surface area contributed by atoms with Crippen molar-refractivity contribution >= 4 is 27.6 Å². The van der Waals surface area contributed by atoms with E-state index in [1.54, 1.807) is 0 Å². The molecule has 0 spiro atoms. The minimum Gasteiger partial charge on any atom is -0.478 e. The third-order valence-corrected chi connectivity index (χ3v) is 1.98. The molecule has 0 saturated carbocycles. The molecule has 0 aromatic heterocycles. The van der Waals surface area contributed by atoms with Crippen LogP contribution in [0.3, 0.4) is 0 Å². The minimum atomic E-state index is -1.24. The Morgan fingerprint density at radius 3 is 2.12 bits per heavy atom. The standard InChI is InChI=1S/C7H5BrFNO2.2C2H6/c8-4-2-1-3(7(11)12)6(10)5(4)9;2*1-2/h1-2H,10H2,(H,11,12);2*1-2H3. The molecule has 16 heavy (non-hydrogen) atoms. The number of carboxylic acid groups (broad SMARTS) is 1. The van der Waals surface area contributed by atoms with Gasteiger partial charge in [-0.2, -0.15) is 0 Å². The third kappa shape index (κ3) is 4.61. The highest BCUT2D eigenvalue weighted by molar-refractivity contribution is 9.10. The molecule has 92 valence electrons. The van der Waals surface area contributed by atoms with E-state index in [0.29, 0.717) is 0 Å². The second kappa shape index (κ2) is 9.15. The fraction of sp³-hybridized carbons (Fsp3) is 0.364. The summed E-state index contributed by atoms with van der Waals surface area (Å²) in [6.07, 6.45) is 0. The monoisotopic (exact) mass is 293 g/mol. The number of carbonyl (C=O) groups is 1. The van der Waals surface area contributed by atoms with Gasteiger partial charge in [-0.3, -0.25) is 0 Å². The zero-order chi connectivity index (χ0) is 13.3. The second-order valence-corrected chi connectivity index (χ2v) is 2.98. The van der Waals surface area contributed by atoms with Crippen LogP contribution in [0.5, 0.6) is 0 Å². The molecule has 0 amide bonds. The molecule has 1 aromatic carbocycles. The second-order valence-electron chi connectivity index (χ2n) is 2.13. The van der Waals surface area contributed by atoms with E-state index >= 15 is 0 Å². The van der Waals surface area contributed by atoms with E-state index in [2.05, 4.69) is 15.9 Å². The van der Waals surface area contributed by atoms with Gasteiger partial charge in [-0.15, -0.1) is 0 Å². The fourth-order valence-corrected chi connectivity index (χ4v) is 1.10. The lowest BCUT2D eigenvalue weighted by Gasteiger charge is -2.02. The Balaban J connectivity index is 0. The Kier molecular flexibility index (Phi) is 9.89. The highest BCUT2D eigenvalue weighted by Gasteiger charge is 2.13.